The van der Waals surface area contributed by atoms with Crippen LogP contribution in [0.25, 0.3) is 0 Å². The van der Waals surface area contributed by atoms with Crippen LogP contribution in [0.5, 0.6) is 0 Å². The third kappa shape index (κ3) is 22.5. The number of methoxy groups -OCH3 is 2. The summed E-state index contributed by atoms with van der Waals surface area (Å²) in [6.07, 6.45) is 0. The Morgan fingerprint density at radius 3 is 1.25 bits per heavy atom. The number of hydrogen-bond donors (Lipinski definition) is 0. The molecule has 0 aliphatic carbocycles. The largest absolute Gasteiger partial charge is 0.354 e. The molecule has 0 heterocycles. The normalized spacial score (nSPS) is 9.17. The van der Waals surface area contributed by atoms with E-state index in [1.165, 1.54) is 13.8 Å². The third-order valence-electron chi connectivity index (χ3n) is 0.983. The van der Waals surface area contributed by atoms with Crippen molar-refractivity contribution in [2.75, 3.05) is 14.2 Å². The van der Waals surface area contributed by atoms with Gasteiger partial charge in [-0.05, 0) is 27.7 Å². The molecule has 12 heavy (non-hydrogen) atoms. The minimum absolute atomic E-state index is 0. The molecule has 0 bridgehead atoms. The van der Waals surface area contributed by atoms with Crippen molar-refractivity contribution in [3.8, 4) is 0 Å². The smallest absolute Gasteiger partial charge is 0.161 e. The Morgan fingerprint density at radius 2 is 1.25 bits per heavy atom. The molecular weight excluding hydrogens is 195 g/mol. The first-order chi connectivity index (χ1) is 4.85. The van der Waals surface area contributed by atoms with Gasteiger partial charge in [0, 0.05) is 32.8 Å². The zero-order chi connectivity index (χ0) is 9.49. The van der Waals surface area contributed by atoms with Crippen LogP contribution in [-0.4, -0.2) is 25.8 Å². The van der Waals surface area contributed by atoms with Crippen LogP contribution in [0.15, 0.2) is 0 Å². The van der Waals surface area contributed by atoms with Crippen LogP contribution in [0.2, 0.25) is 0 Å². The summed E-state index contributed by atoms with van der Waals surface area (Å²) in [4.78, 5) is 9.44. The topological polar surface area (TPSA) is 35.5 Å². The third-order valence-corrected chi connectivity index (χ3v) is 0.983. The Morgan fingerprint density at radius 1 is 1.08 bits per heavy atom. The first-order valence-corrected chi connectivity index (χ1v) is 3.43. The Balaban J connectivity index is -0.000000142. The molecule has 0 spiro atoms. The van der Waals surface area contributed by atoms with Crippen molar-refractivity contribution >= 4 is 5.78 Å². The molecule has 1 radical (unpaired) electrons. The van der Waals surface area contributed by atoms with Gasteiger partial charge in [0.05, 0.1) is 0 Å². The van der Waals surface area contributed by atoms with Crippen LogP contribution in [0.4, 0.5) is 0 Å². The number of ether oxygens (including phenoxy) is 2. The summed E-state index contributed by atoms with van der Waals surface area (Å²) in [5, 5.41) is 0. The van der Waals surface area contributed by atoms with Crippen LogP contribution in [0.3, 0.4) is 0 Å². The van der Waals surface area contributed by atoms with E-state index in [9.17, 15) is 4.79 Å². The van der Waals surface area contributed by atoms with Gasteiger partial charge in [-0.2, -0.15) is 0 Å². The van der Waals surface area contributed by atoms with E-state index in [0.717, 1.165) is 0 Å². The van der Waals surface area contributed by atoms with Crippen LogP contribution in [0, 0.1) is 0 Å². The summed E-state index contributed by atoms with van der Waals surface area (Å²) < 4.78 is 9.73. The molecule has 73 valence electrons. The van der Waals surface area contributed by atoms with Crippen LogP contribution >= 0.6 is 0 Å². The number of hydrogen-bond acceptors (Lipinski definition) is 3. The molecule has 4 heteroatoms. The average Bonchev–Trinajstić information content (AvgIpc) is 1.87. The first kappa shape index (κ1) is 18.1. The Kier molecular flexibility index (Phi) is 13.9. The molecular formula is C8H18O3V. The predicted molar refractivity (Wildman–Crippen MR) is 44.5 cm³/mol. The predicted octanol–water partition coefficient (Wildman–Crippen LogP) is 1.61. The summed E-state index contributed by atoms with van der Waals surface area (Å²) in [6.45, 7) is 6.76. The number of rotatable bonds is 2. The van der Waals surface area contributed by atoms with E-state index < -0.39 is 5.79 Å². The van der Waals surface area contributed by atoms with Crippen LogP contribution < -0.4 is 0 Å². The first-order valence-electron chi connectivity index (χ1n) is 3.43. The van der Waals surface area contributed by atoms with Crippen LogP contribution in [0.1, 0.15) is 27.7 Å². The number of carbonyl (C=O) groups excluding carboxylic acids is 1. The number of ketones is 1. The molecule has 0 amide bonds. The van der Waals surface area contributed by atoms with E-state index in [0.29, 0.717) is 0 Å². The van der Waals surface area contributed by atoms with Crippen molar-refractivity contribution in [3.05, 3.63) is 0 Å². The molecule has 3 nitrogen and oxygen atoms in total. The zero-order valence-corrected chi connectivity index (χ0v) is 10.1. The van der Waals surface area contributed by atoms with Crippen molar-refractivity contribution in [2.45, 2.75) is 33.5 Å². The van der Waals surface area contributed by atoms with E-state index in [4.69, 9.17) is 9.47 Å². The van der Waals surface area contributed by atoms with Gasteiger partial charge in [0.1, 0.15) is 5.78 Å². The Labute approximate surface area is 86.7 Å². The van der Waals surface area contributed by atoms with Crippen molar-refractivity contribution in [2.24, 2.45) is 0 Å². The molecule has 0 aromatic heterocycles. The average molecular weight is 213 g/mol. The summed E-state index contributed by atoms with van der Waals surface area (Å²) >= 11 is 0. The Hall–Kier alpha value is 0.174. The van der Waals surface area contributed by atoms with Crippen molar-refractivity contribution in [3.63, 3.8) is 0 Å². The SMILES string of the molecule is CC(C)=O.COC(C)(C)OC.[V]. The molecule has 0 aromatic carbocycles. The van der Waals surface area contributed by atoms with Gasteiger partial charge in [-0.15, -0.1) is 0 Å². The van der Waals surface area contributed by atoms with Gasteiger partial charge in [-0.25, -0.2) is 0 Å². The molecule has 0 aliphatic rings. The standard InChI is InChI=1S/C5H12O2.C3H6O.V/c1-5(2,6-3)7-4;1-3(2)4;/h1-4H3;1-2H3;. The second-order valence-electron chi connectivity index (χ2n) is 2.72. The molecule has 0 aliphatic heterocycles. The van der Waals surface area contributed by atoms with Gasteiger partial charge < -0.3 is 14.3 Å². The van der Waals surface area contributed by atoms with E-state index in [1.54, 1.807) is 14.2 Å². The van der Waals surface area contributed by atoms with E-state index in [2.05, 4.69) is 0 Å². The van der Waals surface area contributed by atoms with Gasteiger partial charge in [0.15, 0.2) is 5.79 Å². The summed E-state index contributed by atoms with van der Waals surface area (Å²) in [5.74, 6) is -0.250. The van der Waals surface area contributed by atoms with E-state index in [1.807, 2.05) is 13.8 Å². The minimum atomic E-state index is -0.417. The minimum Gasteiger partial charge on any atom is -0.354 e. The number of Topliss-reactive ketones (excluding diaryl/α,β-unsaturated/α-hetero) is 1. The molecule has 0 saturated carbocycles. The van der Waals surface area contributed by atoms with E-state index >= 15 is 0 Å². The molecule has 0 N–H and O–H groups in total. The fourth-order valence-corrected chi connectivity index (χ4v) is 0.0833. The number of carbonyl (C=O) groups is 1. The molecule has 0 aromatic rings. The maximum Gasteiger partial charge on any atom is 0.161 e. The summed E-state index contributed by atoms with van der Waals surface area (Å²) in [7, 11) is 3.23. The molecule has 0 rings (SSSR count). The zero-order valence-electron chi connectivity index (χ0n) is 8.67. The summed E-state index contributed by atoms with van der Waals surface area (Å²) in [5.41, 5.74) is 0. The van der Waals surface area contributed by atoms with Gasteiger partial charge in [-0.3, -0.25) is 0 Å². The monoisotopic (exact) mass is 213 g/mol. The molecule has 0 atom stereocenters. The second-order valence-corrected chi connectivity index (χ2v) is 2.72. The molecule has 0 saturated heterocycles. The quantitative estimate of drug-likeness (QED) is 0.654. The van der Waals surface area contributed by atoms with E-state index in [-0.39, 0.29) is 24.3 Å². The maximum atomic E-state index is 9.44. The fourth-order valence-electron chi connectivity index (χ4n) is 0.0833. The molecule has 0 fully saturated rings. The van der Waals surface area contributed by atoms with Crippen molar-refractivity contribution < 1.29 is 32.8 Å². The fraction of sp³-hybridized carbons (Fsp3) is 0.875. The van der Waals surface area contributed by atoms with Gasteiger partial charge in [0.25, 0.3) is 0 Å². The Bertz CT molecular complexity index is 103. The van der Waals surface area contributed by atoms with Crippen LogP contribution in [-0.2, 0) is 32.8 Å². The van der Waals surface area contributed by atoms with Gasteiger partial charge >= 0.3 is 0 Å². The van der Waals surface area contributed by atoms with Crippen molar-refractivity contribution in [1.82, 2.24) is 0 Å². The van der Waals surface area contributed by atoms with Crippen molar-refractivity contribution in [1.29, 1.82) is 0 Å². The summed E-state index contributed by atoms with van der Waals surface area (Å²) in [6, 6.07) is 0. The van der Waals surface area contributed by atoms with Gasteiger partial charge in [-0.1, -0.05) is 0 Å². The van der Waals surface area contributed by atoms with Gasteiger partial charge in [0.2, 0.25) is 0 Å². The maximum absolute atomic E-state index is 9.44. The molecule has 0 unspecified atom stereocenters. The second kappa shape index (κ2) is 9.26.